The molecule has 3 rings (SSSR count). The second-order valence-corrected chi connectivity index (χ2v) is 7.60. The number of hydrogen-bond acceptors (Lipinski definition) is 4. The number of halogens is 1. The van der Waals surface area contributed by atoms with Crippen molar-refractivity contribution < 1.29 is 4.74 Å². The molecular weight excluding hydrogens is 338 g/mol. The molecule has 0 aromatic carbocycles. The minimum Gasteiger partial charge on any atom is -0.372 e. The Hall–Kier alpha value is -0.690. The van der Waals surface area contributed by atoms with Gasteiger partial charge in [0.25, 0.3) is 0 Å². The lowest BCUT2D eigenvalue weighted by molar-refractivity contribution is 0.0838. The number of nitrogens with zero attached hydrogens (tertiary/aromatic N) is 2. The summed E-state index contributed by atoms with van der Waals surface area (Å²) in [5, 5.41) is 7.79. The molecule has 0 spiro atoms. The average Bonchev–Trinajstić information content (AvgIpc) is 3.12. The first-order valence-electron chi connectivity index (χ1n) is 6.78. The molecule has 3 heterocycles. The molecule has 20 heavy (non-hydrogen) atoms. The molecule has 6 heteroatoms. The summed E-state index contributed by atoms with van der Waals surface area (Å²) in [4.78, 5) is 1.35. The Morgan fingerprint density at radius 2 is 2.40 bits per heavy atom. The molecule has 1 N–H and O–H groups in total. The van der Waals surface area contributed by atoms with Crippen LogP contribution in [0.15, 0.2) is 28.2 Å². The second-order valence-electron chi connectivity index (χ2n) is 5.06. The van der Waals surface area contributed by atoms with E-state index in [9.17, 15) is 0 Å². The van der Waals surface area contributed by atoms with Gasteiger partial charge in [-0.05, 0) is 40.5 Å². The molecule has 0 unspecified atom stereocenters. The summed E-state index contributed by atoms with van der Waals surface area (Å²) in [7, 11) is 1.98. The van der Waals surface area contributed by atoms with Crippen molar-refractivity contribution in [3.8, 4) is 0 Å². The van der Waals surface area contributed by atoms with Crippen LogP contribution in [0.3, 0.4) is 0 Å². The van der Waals surface area contributed by atoms with Crippen molar-refractivity contribution in [2.24, 2.45) is 13.0 Å². The maximum absolute atomic E-state index is 5.89. The van der Waals surface area contributed by atoms with Crippen molar-refractivity contribution in [3.63, 3.8) is 0 Å². The van der Waals surface area contributed by atoms with Crippen molar-refractivity contribution in [1.29, 1.82) is 0 Å². The molecule has 1 aliphatic rings. The molecule has 2 atom stereocenters. The van der Waals surface area contributed by atoms with Crippen LogP contribution >= 0.6 is 27.3 Å². The number of ether oxygens (including phenoxy) is 1. The fraction of sp³-hybridized carbons (Fsp3) is 0.500. The van der Waals surface area contributed by atoms with Gasteiger partial charge in [0, 0.05) is 43.7 Å². The largest absolute Gasteiger partial charge is 0.372 e. The van der Waals surface area contributed by atoms with Gasteiger partial charge in [-0.3, -0.25) is 4.68 Å². The van der Waals surface area contributed by atoms with Crippen LogP contribution in [-0.2, 0) is 18.3 Å². The predicted molar refractivity (Wildman–Crippen MR) is 83.7 cm³/mol. The van der Waals surface area contributed by atoms with Gasteiger partial charge in [0.05, 0.1) is 9.48 Å². The first-order valence-corrected chi connectivity index (χ1v) is 8.39. The Morgan fingerprint density at radius 3 is 3.10 bits per heavy atom. The molecule has 2 aromatic heterocycles. The number of thiophene rings is 1. The summed E-state index contributed by atoms with van der Waals surface area (Å²) < 4.78 is 8.99. The maximum Gasteiger partial charge on any atom is 0.103 e. The van der Waals surface area contributed by atoms with Crippen LogP contribution in [0.5, 0.6) is 0 Å². The van der Waals surface area contributed by atoms with E-state index in [0.717, 1.165) is 26.1 Å². The summed E-state index contributed by atoms with van der Waals surface area (Å²) in [5.74, 6) is 0.522. The van der Waals surface area contributed by atoms with Crippen LogP contribution < -0.4 is 5.32 Å². The third-order valence-electron chi connectivity index (χ3n) is 3.70. The van der Waals surface area contributed by atoms with Crippen molar-refractivity contribution in [3.05, 3.63) is 38.8 Å². The molecule has 0 amide bonds. The van der Waals surface area contributed by atoms with Crippen molar-refractivity contribution in [1.82, 2.24) is 15.1 Å². The first kappa shape index (κ1) is 14.3. The third kappa shape index (κ3) is 3.14. The predicted octanol–water partition coefficient (Wildman–Crippen LogP) is 3.11. The van der Waals surface area contributed by atoms with Crippen LogP contribution in [0.4, 0.5) is 0 Å². The zero-order valence-electron chi connectivity index (χ0n) is 11.4. The SMILES string of the molecule is Cn1nccc1[C@@H]1OCC[C@H]1CNCc1ccc(Br)s1. The summed E-state index contributed by atoms with van der Waals surface area (Å²) in [5.41, 5.74) is 1.17. The quantitative estimate of drug-likeness (QED) is 0.895. The van der Waals surface area contributed by atoms with E-state index >= 15 is 0 Å². The van der Waals surface area contributed by atoms with Gasteiger partial charge >= 0.3 is 0 Å². The van der Waals surface area contributed by atoms with Crippen molar-refractivity contribution in [2.75, 3.05) is 13.2 Å². The Morgan fingerprint density at radius 1 is 1.50 bits per heavy atom. The second kappa shape index (κ2) is 6.39. The minimum absolute atomic E-state index is 0.171. The first-order chi connectivity index (χ1) is 9.74. The number of hydrogen-bond donors (Lipinski definition) is 1. The van der Waals surface area contributed by atoms with E-state index in [1.54, 1.807) is 11.3 Å². The molecule has 0 bridgehead atoms. The molecule has 1 aliphatic heterocycles. The molecule has 1 saturated heterocycles. The van der Waals surface area contributed by atoms with E-state index in [1.807, 2.05) is 17.9 Å². The highest BCUT2D eigenvalue weighted by molar-refractivity contribution is 9.11. The van der Waals surface area contributed by atoms with Gasteiger partial charge in [-0.1, -0.05) is 0 Å². The molecule has 2 aromatic rings. The van der Waals surface area contributed by atoms with E-state index in [2.05, 4.69) is 44.5 Å². The third-order valence-corrected chi connectivity index (χ3v) is 5.32. The minimum atomic E-state index is 0.171. The van der Waals surface area contributed by atoms with Crippen LogP contribution in [0.1, 0.15) is 23.1 Å². The molecule has 4 nitrogen and oxygen atoms in total. The number of aromatic nitrogens is 2. The van der Waals surface area contributed by atoms with E-state index < -0.39 is 0 Å². The van der Waals surface area contributed by atoms with Crippen LogP contribution in [0.2, 0.25) is 0 Å². The van der Waals surface area contributed by atoms with Crippen LogP contribution in [0, 0.1) is 5.92 Å². The Kier molecular flexibility index (Phi) is 4.55. The summed E-state index contributed by atoms with van der Waals surface area (Å²) in [6.45, 7) is 2.74. The van der Waals surface area contributed by atoms with E-state index in [1.165, 1.54) is 14.4 Å². The molecule has 0 radical (unpaired) electrons. The fourth-order valence-electron chi connectivity index (χ4n) is 2.66. The normalized spacial score (nSPS) is 22.5. The maximum atomic E-state index is 5.89. The van der Waals surface area contributed by atoms with Gasteiger partial charge in [0.2, 0.25) is 0 Å². The summed E-state index contributed by atoms with van der Waals surface area (Å²) in [6.07, 6.45) is 3.12. The summed E-state index contributed by atoms with van der Waals surface area (Å²) in [6, 6.07) is 6.31. The van der Waals surface area contributed by atoms with E-state index in [-0.39, 0.29) is 6.10 Å². The van der Waals surface area contributed by atoms with Crippen LogP contribution in [-0.4, -0.2) is 22.9 Å². The zero-order valence-corrected chi connectivity index (χ0v) is 13.8. The van der Waals surface area contributed by atoms with Crippen molar-refractivity contribution >= 4 is 27.3 Å². The highest BCUT2D eigenvalue weighted by Crippen LogP contribution is 2.33. The highest BCUT2D eigenvalue weighted by Gasteiger charge is 2.31. The van der Waals surface area contributed by atoms with Gasteiger partial charge in [-0.15, -0.1) is 11.3 Å². The molecule has 0 saturated carbocycles. The number of rotatable bonds is 5. The van der Waals surface area contributed by atoms with E-state index in [4.69, 9.17) is 4.74 Å². The number of aryl methyl sites for hydroxylation is 1. The molecule has 0 aliphatic carbocycles. The zero-order chi connectivity index (χ0) is 13.9. The highest BCUT2D eigenvalue weighted by atomic mass is 79.9. The topological polar surface area (TPSA) is 39.1 Å². The Bertz CT molecular complexity index is 568. The lowest BCUT2D eigenvalue weighted by Gasteiger charge is -2.19. The summed E-state index contributed by atoms with van der Waals surface area (Å²) >= 11 is 5.28. The smallest absolute Gasteiger partial charge is 0.103 e. The average molecular weight is 356 g/mol. The van der Waals surface area contributed by atoms with Crippen molar-refractivity contribution in [2.45, 2.75) is 19.1 Å². The molecule has 108 valence electrons. The number of nitrogens with one attached hydrogen (secondary N) is 1. The van der Waals surface area contributed by atoms with Gasteiger partial charge in [-0.2, -0.15) is 5.10 Å². The Balaban J connectivity index is 1.55. The van der Waals surface area contributed by atoms with Crippen LogP contribution in [0.25, 0.3) is 0 Å². The van der Waals surface area contributed by atoms with Gasteiger partial charge in [-0.25, -0.2) is 0 Å². The van der Waals surface area contributed by atoms with Gasteiger partial charge < -0.3 is 10.1 Å². The lowest BCUT2D eigenvalue weighted by Crippen LogP contribution is -2.25. The standard InChI is InChI=1S/C14H18BrN3OS/c1-18-12(4-6-17-18)14-10(5-7-19-14)8-16-9-11-2-3-13(15)20-11/h2-4,6,10,14,16H,5,7-9H2,1H3/t10-,14+/m0/s1. The molecular formula is C14H18BrN3OS. The van der Waals surface area contributed by atoms with E-state index in [0.29, 0.717) is 5.92 Å². The van der Waals surface area contributed by atoms with Gasteiger partial charge in [0.1, 0.15) is 6.10 Å². The molecule has 1 fully saturated rings. The fourth-order valence-corrected chi connectivity index (χ4v) is 4.11. The Labute approximate surface area is 131 Å². The monoisotopic (exact) mass is 355 g/mol. The lowest BCUT2D eigenvalue weighted by atomic mass is 9.99. The van der Waals surface area contributed by atoms with Gasteiger partial charge in [0.15, 0.2) is 0 Å².